The van der Waals surface area contributed by atoms with E-state index in [9.17, 15) is 9.59 Å². The summed E-state index contributed by atoms with van der Waals surface area (Å²) in [5, 5.41) is 0. The number of amides is 2. The van der Waals surface area contributed by atoms with Gasteiger partial charge in [0.1, 0.15) is 0 Å². The van der Waals surface area contributed by atoms with Crippen LogP contribution >= 0.6 is 0 Å². The predicted octanol–water partition coefficient (Wildman–Crippen LogP) is 2.77. The molecule has 4 rings (SSSR count). The zero-order chi connectivity index (χ0) is 19.8. The van der Waals surface area contributed by atoms with Gasteiger partial charge in [-0.1, -0.05) is 23.8 Å². The van der Waals surface area contributed by atoms with Crippen LogP contribution in [0.25, 0.3) is 0 Å². The molecule has 1 unspecified atom stereocenters. The number of aryl methyl sites for hydroxylation is 2. The van der Waals surface area contributed by atoms with Crippen molar-refractivity contribution in [3.05, 3.63) is 34.9 Å². The molecule has 1 aromatic carbocycles. The molecule has 0 saturated carbocycles. The summed E-state index contributed by atoms with van der Waals surface area (Å²) in [6, 6.07) is 6.74. The van der Waals surface area contributed by atoms with E-state index in [4.69, 9.17) is 0 Å². The molecule has 3 aliphatic heterocycles. The summed E-state index contributed by atoms with van der Waals surface area (Å²) >= 11 is 0. The van der Waals surface area contributed by atoms with E-state index in [2.05, 4.69) is 48.9 Å². The van der Waals surface area contributed by atoms with Gasteiger partial charge in [0, 0.05) is 25.6 Å². The molecule has 0 aromatic heterocycles. The number of rotatable bonds is 3. The van der Waals surface area contributed by atoms with Crippen molar-refractivity contribution in [3.63, 3.8) is 0 Å². The van der Waals surface area contributed by atoms with Crippen LogP contribution in [0, 0.1) is 25.7 Å². The molecule has 3 aliphatic rings. The predicted molar refractivity (Wildman–Crippen MR) is 110 cm³/mol. The standard InChI is InChI=1S/C23H33N3O2/c1-16-6-7-17(2)20(13-16)21-5-4-10-26(21)23(28)19-14-25(15-19)22(27)18-8-11-24(3)12-9-18/h6-7,13,18-19,21H,4-5,8-12,14-15H2,1-3H3. The first-order chi connectivity index (χ1) is 13.4. The number of benzene rings is 1. The molecule has 3 heterocycles. The Bertz CT molecular complexity index is 748. The van der Waals surface area contributed by atoms with Crippen LogP contribution in [0.5, 0.6) is 0 Å². The van der Waals surface area contributed by atoms with Crippen molar-refractivity contribution in [2.45, 2.75) is 45.6 Å². The van der Waals surface area contributed by atoms with Crippen molar-refractivity contribution in [1.82, 2.24) is 14.7 Å². The first kappa shape index (κ1) is 19.4. The van der Waals surface area contributed by atoms with Crippen LogP contribution in [0.1, 0.15) is 48.4 Å². The molecule has 3 fully saturated rings. The van der Waals surface area contributed by atoms with Crippen molar-refractivity contribution in [1.29, 1.82) is 0 Å². The van der Waals surface area contributed by atoms with Gasteiger partial charge in [-0.05, 0) is 70.8 Å². The van der Waals surface area contributed by atoms with Crippen LogP contribution in [-0.4, -0.2) is 66.3 Å². The second kappa shape index (κ2) is 7.86. The Hall–Kier alpha value is -1.88. The highest BCUT2D eigenvalue weighted by atomic mass is 16.2. The summed E-state index contributed by atoms with van der Waals surface area (Å²) in [4.78, 5) is 32.2. The molecule has 0 bridgehead atoms. The Kier molecular flexibility index (Phi) is 5.46. The Morgan fingerprint density at radius 3 is 2.36 bits per heavy atom. The number of carbonyl (C=O) groups is 2. The molecule has 3 saturated heterocycles. The summed E-state index contributed by atoms with van der Waals surface area (Å²) in [6.45, 7) is 8.32. The number of hydrogen-bond donors (Lipinski definition) is 0. The average molecular weight is 384 g/mol. The molecule has 5 heteroatoms. The second-order valence-corrected chi connectivity index (χ2v) is 9.07. The fourth-order valence-corrected chi connectivity index (χ4v) is 5.04. The molecule has 1 aromatic rings. The third-order valence-corrected chi connectivity index (χ3v) is 6.94. The molecule has 1 atom stereocenters. The summed E-state index contributed by atoms with van der Waals surface area (Å²) in [6.07, 6.45) is 4.01. The molecule has 0 spiro atoms. The Balaban J connectivity index is 1.36. The van der Waals surface area contributed by atoms with Gasteiger partial charge in [0.05, 0.1) is 12.0 Å². The van der Waals surface area contributed by atoms with E-state index in [1.165, 1.54) is 16.7 Å². The smallest absolute Gasteiger partial charge is 0.229 e. The Morgan fingerprint density at radius 1 is 0.929 bits per heavy atom. The van der Waals surface area contributed by atoms with Gasteiger partial charge < -0.3 is 14.7 Å². The first-order valence-corrected chi connectivity index (χ1v) is 10.8. The second-order valence-electron chi connectivity index (χ2n) is 9.07. The van der Waals surface area contributed by atoms with Crippen molar-refractivity contribution in [3.8, 4) is 0 Å². The number of carbonyl (C=O) groups excluding carboxylic acids is 2. The van der Waals surface area contributed by atoms with Gasteiger partial charge in [-0.3, -0.25) is 9.59 Å². The lowest BCUT2D eigenvalue weighted by Gasteiger charge is -2.43. The van der Waals surface area contributed by atoms with Gasteiger partial charge in [-0.2, -0.15) is 0 Å². The fourth-order valence-electron chi connectivity index (χ4n) is 5.04. The van der Waals surface area contributed by atoms with E-state index < -0.39 is 0 Å². The topological polar surface area (TPSA) is 43.9 Å². The highest BCUT2D eigenvalue weighted by molar-refractivity contribution is 5.86. The lowest BCUT2D eigenvalue weighted by atomic mass is 9.90. The fraction of sp³-hybridized carbons (Fsp3) is 0.652. The van der Waals surface area contributed by atoms with Crippen LogP contribution in [0.4, 0.5) is 0 Å². The first-order valence-electron chi connectivity index (χ1n) is 10.8. The van der Waals surface area contributed by atoms with Crippen molar-refractivity contribution in [2.24, 2.45) is 11.8 Å². The molecule has 0 aliphatic carbocycles. The molecule has 2 amide bonds. The molecular formula is C23H33N3O2. The van der Waals surface area contributed by atoms with E-state index in [1.54, 1.807) is 0 Å². The van der Waals surface area contributed by atoms with Crippen molar-refractivity contribution in [2.75, 3.05) is 39.8 Å². The van der Waals surface area contributed by atoms with Gasteiger partial charge >= 0.3 is 0 Å². The van der Waals surface area contributed by atoms with Crippen molar-refractivity contribution >= 4 is 11.8 Å². The third kappa shape index (κ3) is 3.69. The highest BCUT2D eigenvalue weighted by Gasteiger charge is 2.43. The summed E-state index contributed by atoms with van der Waals surface area (Å²) in [5.41, 5.74) is 3.81. The van der Waals surface area contributed by atoms with Crippen LogP contribution in [0.15, 0.2) is 18.2 Å². The lowest BCUT2D eigenvalue weighted by molar-refractivity contribution is -0.152. The minimum absolute atomic E-state index is 0.0130. The van der Waals surface area contributed by atoms with E-state index in [1.807, 2.05) is 4.90 Å². The van der Waals surface area contributed by atoms with Crippen LogP contribution in [0.2, 0.25) is 0 Å². The lowest BCUT2D eigenvalue weighted by Crippen LogP contribution is -2.58. The summed E-state index contributed by atoms with van der Waals surface area (Å²) < 4.78 is 0. The van der Waals surface area contributed by atoms with E-state index in [-0.39, 0.29) is 29.7 Å². The minimum atomic E-state index is -0.0130. The highest BCUT2D eigenvalue weighted by Crippen LogP contribution is 2.36. The van der Waals surface area contributed by atoms with Crippen LogP contribution in [-0.2, 0) is 9.59 Å². The average Bonchev–Trinajstić information content (AvgIpc) is 3.12. The normalized spacial score (nSPS) is 24.5. The maximum Gasteiger partial charge on any atom is 0.229 e. The molecule has 0 N–H and O–H groups in total. The number of likely N-dealkylation sites (tertiary alicyclic amines) is 3. The van der Waals surface area contributed by atoms with Gasteiger partial charge in [0.15, 0.2) is 0 Å². The minimum Gasteiger partial charge on any atom is -0.341 e. The van der Waals surface area contributed by atoms with E-state index in [0.29, 0.717) is 13.1 Å². The SMILES string of the molecule is Cc1ccc(C)c(C2CCCN2C(=O)C2CN(C(=O)C3CCN(C)CC3)C2)c1. The van der Waals surface area contributed by atoms with E-state index >= 15 is 0 Å². The Labute approximate surface area is 168 Å². The summed E-state index contributed by atoms with van der Waals surface area (Å²) in [7, 11) is 2.11. The van der Waals surface area contributed by atoms with Crippen LogP contribution in [0.3, 0.4) is 0 Å². The van der Waals surface area contributed by atoms with Crippen LogP contribution < -0.4 is 0 Å². The quantitative estimate of drug-likeness (QED) is 0.806. The maximum absolute atomic E-state index is 13.2. The molecule has 0 radical (unpaired) electrons. The summed E-state index contributed by atoms with van der Waals surface area (Å²) in [5.74, 6) is 0.656. The third-order valence-electron chi connectivity index (χ3n) is 6.94. The number of hydrogen-bond acceptors (Lipinski definition) is 3. The Morgan fingerprint density at radius 2 is 1.64 bits per heavy atom. The van der Waals surface area contributed by atoms with Gasteiger partial charge in [-0.25, -0.2) is 0 Å². The molecule has 5 nitrogen and oxygen atoms in total. The monoisotopic (exact) mass is 383 g/mol. The maximum atomic E-state index is 13.2. The van der Waals surface area contributed by atoms with Gasteiger partial charge in [-0.15, -0.1) is 0 Å². The zero-order valence-corrected chi connectivity index (χ0v) is 17.5. The molecule has 28 heavy (non-hydrogen) atoms. The van der Waals surface area contributed by atoms with Crippen molar-refractivity contribution < 1.29 is 9.59 Å². The number of nitrogens with zero attached hydrogens (tertiary/aromatic N) is 3. The molecular weight excluding hydrogens is 350 g/mol. The number of piperidine rings is 1. The van der Waals surface area contributed by atoms with Gasteiger partial charge in [0.25, 0.3) is 0 Å². The molecule has 152 valence electrons. The van der Waals surface area contributed by atoms with E-state index in [0.717, 1.165) is 45.3 Å². The zero-order valence-electron chi connectivity index (χ0n) is 17.5. The largest absolute Gasteiger partial charge is 0.341 e. The van der Waals surface area contributed by atoms with Gasteiger partial charge in [0.2, 0.25) is 11.8 Å².